The number of rotatable bonds is 3. The summed E-state index contributed by atoms with van der Waals surface area (Å²) in [6.07, 6.45) is 0.998. The average molecular weight is 257 g/mol. The van der Waals surface area contributed by atoms with Gasteiger partial charge in [-0.2, -0.15) is 5.10 Å². The van der Waals surface area contributed by atoms with E-state index in [1.165, 1.54) is 22.4 Å². The van der Waals surface area contributed by atoms with Crippen LogP contribution in [-0.4, -0.2) is 23.4 Å². The second-order valence-corrected chi connectivity index (χ2v) is 5.00. The van der Waals surface area contributed by atoms with Gasteiger partial charge in [0.2, 0.25) is 0 Å². The van der Waals surface area contributed by atoms with Gasteiger partial charge in [0.1, 0.15) is 5.75 Å². The van der Waals surface area contributed by atoms with Crippen LogP contribution >= 0.6 is 0 Å². The van der Waals surface area contributed by atoms with Gasteiger partial charge in [0.05, 0.1) is 18.0 Å². The third kappa shape index (κ3) is 2.02. The first-order valence-electron chi connectivity index (χ1n) is 6.64. The highest BCUT2D eigenvalue weighted by Gasteiger charge is 2.17. The van der Waals surface area contributed by atoms with Crippen molar-refractivity contribution in [2.24, 2.45) is 7.05 Å². The Morgan fingerprint density at radius 1 is 1.42 bits per heavy atom. The molecule has 1 aromatic heterocycles. The minimum atomic E-state index is 0.797. The number of nitrogens with one attached hydrogen (secondary N) is 1. The molecule has 2 heterocycles. The van der Waals surface area contributed by atoms with E-state index in [2.05, 4.69) is 35.5 Å². The second-order valence-electron chi connectivity index (χ2n) is 5.00. The van der Waals surface area contributed by atoms with Crippen LogP contribution in [0, 0.1) is 6.92 Å². The Kier molecular flexibility index (Phi) is 3.03. The Morgan fingerprint density at radius 2 is 2.26 bits per heavy atom. The number of aromatic nitrogens is 2. The maximum Gasteiger partial charge on any atom is 0.122 e. The molecule has 1 N–H and O–H groups in total. The normalized spacial score (nSPS) is 13.4. The molecule has 0 saturated carbocycles. The van der Waals surface area contributed by atoms with Gasteiger partial charge in [-0.15, -0.1) is 0 Å². The topological polar surface area (TPSA) is 39.1 Å². The average Bonchev–Trinajstić information content (AvgIpc) is 2.97. The maximum absolute atomic E-state index is 5.55. The molecule has 0 atom stereocenters. The minimum Gasteiger partial charge on any atom is -0.493 e. The lowest BCUT2D eigenvalue weighted by atomic mass is 10.0. The molecule has 100 valence electrons. The van der Waals surface area contributed by atoms with Gasteiger partial charge in [-0.1, -0.05) is 0 Å². The van der Waals surface area contributed by atoms with Gasteiger partial charge in [0, 0.05) is 25.6 Å². The first-order chi connectivity index (χ1) is 9.20. The summed E-state index contributed by atoms with van der Waals surface area (Å²) in [6.45, 7) is 3.77. The third-order valence-corrected chi connectivity index (χ3v) is 3.74. The van der Waals surface area contributed by atoms with Gasteiger partial charge in [-0.05, 0) is 43.3 Å². The van der Waals surface area contributed by atoms with E-state index in [1.54, 1.807) is 0 Å². The predicted molar refractivity (Wildman–Crippen MR) is 75.3 cm³/mol. The number of benzene rings is 1. The maximum atomic E-state index is 5.55. The Morgan fingerprint density at radius 3 is 3.05 bits per heavy atom. The Balaban J connectivity index is 2.05. The van der Waals surface area contributed by atoms with Crippen LogP contribution in [-0.2, 0) is 20.0 Å². The van der Waals surface area contributed by atoms with Gasteiger partial charge >= 0.3 is 0 Å². The highest BCUT2D eigenvalue weighted by Crippen LogP contribution is 2.31. The summed E-state index contributed by atoms with van der Waals surface area (Å²) < 4.78 is 7.51. The van der Waals surface area contributed by atoms with Crippen LogP contribution in [0.5, 0.6) is 5.75 Å². The second kappa shape index (κ2) is 4.70. The molecule has 3 rings (SSSR count). The number of hydrogen-bond donors (Lipinski definition) is 1. The molecule has 1 aliphatic rings. The molecule has 0 amide bonds. The lowest BCUT2D eigenvalue weighted by molar-refractivity contribution is 0.357. The summed E-state index contributed by atoms with van der Waals surface area (Å²) in [7, 11) is 3.96. The van der Waals surface area contributed by atoms with Gasteiger partial charge < -0.3 is 10.1 Å². The van der Waals surface area contributed by atoms with E-state index >= 15 is 0 Å². The van der Waals surface area contributed by atoms with E-state index in [0.717, 1.165) is 31.0 Å². The molecule has 0 unspecified atom stereocenters. The van der Waals surface area contributed by atoms with Crippen molar-refractivity contribution >= 4 is 0 Å². The third-order valence-electron chi connectivity index (χ3n) is 3.74. The van der Waals surface area contributed by atoms with E-state index in [-0.39, 0.29) is 0 Å². The molecule has 0 fully saturated rings. The van der Waals surface area contributed by atoms with E-state index in [4.69, 9.17) is 4.74 Å². The Labute approximate surface area is 113 Å². The monoisotopic (exact) mass is 257 g/mol. The summed E-state index contributed by atoms with van der Waals surface area (Å²) in [4.78, 5) is 0. The SMILES string of the molecule is CNCc1c(C)c(-c2ccc3c(c2)CCO3)nn1C. The Bertz CT molecular complexity index is 616. The zero-order valence-corrected chi connectivity index (χ0v) is 11.7. The van der Waals surface area contributed by atoms with E-state index < -0.39 is 0 Å². The minimum absolute atomic E-state index is 0.797. The van der Waals surface area contributed by atoms with Crippen LogP contribution in [0.2, 0.25) is 0 Å². The lowest BCUT2D eigenvalue weighted by Gasteiger charge is -2.03. The number of hydrogen-bond acceptors (Lipinski definition) is 3. The van der Waals surface area contributed by atoms with Gasteiger partial charge in [-0.25, -0.2) is 0 Å². The highest BCUT2D eigenvalue weighted by molar-refractivity contribution is 5.66. The fraction of sp³-hybridized carbons (Fsp3) is 0.400. The lowest BCUT2D eigenvalue weighted by Crippen LogP contribution is -2.10. The van der Waals surface area contributed by atoms with E-state index in [0.29, 0.717) is 0 Å². The zero-order chi connectivity index (χ0) is 13.4. The van der Waals surface area contributed by atoms with Crippen molar-refractivity contribution in [3.63, 3.8) is 0 Å². The molecule has 1 aromatic carbocycles. The van der Waals surface area contributed by atoms with Crippen LogP contribution in [0.25, 0.3) is 11.3 Å². The molecular weight excluding hydrogens is 238 g/mol. The summed E-state index contributed by atoms with van der Waals surface area (Å²) >= 11 is 0. The van der Waals surface area contributed by atoms with Crippen molar-refractivity contribution in [2.75, 3.05) is 13.7 Å². The molecule has 0 aliphatic carbocycles. The number of ether oxygens (including phenoxy) is 1. The van der Waals surface area contributed by atoms with Gasteiger partial charge in [-0.3, -0.25) is 4.68 Å². The van der Waals surface area contributed by atoms with Crippen molar-refractivity contribution in [3.8, 4) is 17.0 Å². The molecule has 0 bridgehead atoms. The van der Waals surface area contributed by atoms with E-state index in [1.807, 2.05) is 18.8 Å². The predicted octanol–water partition coefficient (Wildman–Crippen LogP) is 2.05. The van der Waals surface area contributed by atoms with E-state index in [9.17, 15) is 0 Å². The van der Waals surface area contributed by atoms with Crippen molar-refractivity contribution in [1.29, 1.82) is 0 Å². The molecule has 4 nitrogen and oxygen atoms in total. The molecule has 1 aliphatic heterocycles. The number of nitrogens with zero attached hydrogens (tertiary/aromatic N) is 2. The quantitative estimate of drug-likeness (QED) is 0.914. The van der Waals surface area contributed by atoms with Crippen molar-refractivity contribution in [1.82, 2.24) is 15.1 Å². The Hall–Kier alpha value is -1.81. The van der Waals surface area contributed by atoms with Crippen molar-refractivity contribution in [2.45, 2.75) is 19.9 Å². The molecule has 0 saturated heterocycles. The number of fused-ring (bicyclic) bond motifs is 1. The summed E-state index contributed by atoms with van der Waals surface area (Å²) in [6, 6.07) is 6.37. The van der Waals surface area contributed by atoms with Crippen LogP contribution in [0.15, 0.2) is 18.2 Å². The fourth-order valence-corrected chi connectivity index (χ4v) is 2.69. The smallest absolute Gasteiger partial charge is 0.122 e. The highest BCUT2D eigenvalue weighted by atomic mass is 16.5. The zero-order valence-electron chi connectivity index (χ0n) is 11.7. The fourth-order valence-electron chi connectivity index (χ4n) is 2.69. The summed E-state index contributed by atoms with van der Waals surface area (Å²) in [5.74, 6) is 1.02. The molecule has 0 spiro atoms. The molecule has 19 heavy (non-hydrogen) atoms. The summed E-state index contributed by atoms with van der Waals surface area (Å²) in [5.41, 5.74) is 6.02. The van der Waals surface area contributed by atoms with Crippen LogP contribution in [0.3, 0.4) is 0 Å². The van der Waals surface area contributed by atoms with Crippen LogP contribution in [0.4, 0.5) is 0 Å². The molecular formula is C15H19N3O. The van der Waals surface area contributed by atoms with Crippen molar-refractivity contribution in [3.05, 3.63) is 35.0 Å². The largest absolute Gasteiger partial charge is 0.493 e. The standard InChI is InChI=1S/C15H19N3O/c1-10-13(9-16-2)18(3)17-15(10)12-4-5-14-11(8-12)6-7-19-14/h4-5,8,16H,6-7,9H2,1-3H3. The number of aryl methyl sites for hydroxylation is 1. The summed E-state index contributed by atoms with van der Waals surface area (Å²) in [5, 5.41) is 7.85. The molecule has 0 radical (unpaired) electrons. The van der Waals surface area contributed by atoms with Crippen LogP contribution in [0.1, 0.15) is 16.8 Å². The first kappa shape index (κ1) is 12.2. The molecule has 4 heteroatoms. The molecule has 2 aromatic rings. The first-order valence-corrected chi connectivity index (χ1v) is 6.64. The van der Waals surface area contributed by atoms with Gasteiger partial charge in [0.15, 0.2) is 0 Å². The van der Waals surface area contributed by atoms with Gasteiger partial charge in [0.25, 0.3) is 0 Å². The van der Waals surface area contributed by atoms with Crippen molar-refractivity contribution < 1.29 is 4.74 Å². The van der Waals surface area contributed by atoms with Crippen LogP contribution < -0.4 is 10.1 Å².